The molecule has 0 spiro atoms. The number of nitrogens with two attached hydrogens (primary N) is 1. The van der Waals surface area contributed by atoms with Gasteiger partial charge in [0.15, 0.2) is 0 Å². The molecule has 1 aliphatic rings. The van der Waals surface area contributed by atoms with Crippen LogP contribution in [0.1, 0.15) is 56.6 Å². The van der Waals surface area contributed by atoms with Gasteiger partial charge in [0.05, 0.1) is 17.9 Å². The van der Waals surface area contributed by atoms with Crippen LogP contribution in [0.2, 0.25) is 0 Å². The Bertz CT molecular complexity index is 530. The molecular weight excluding hydrogens is 290 g/mol. The lowest BCUT2D eigenvalue weighted by atomic mass is 9.67. The summed E-state index contributed by atoms with van der Waals surface area (Å²) in [6.45, 7) is 4.73. The first-order valence-electron chi connectivity index (χ1n) is 8.49. The van der Waals surface area contributed by atoms with Gasteiger partial charge in [-0.05, 0) is 63.1 Å². The molecule has 0 saturated heterocycles. The van der Waals surface area contributed by atoms with Crippen molar-refractivity contribution in [3.05, 3.63) is 35.4 Å². The van der Waals surface area contributed by atoms with Crippen LogP contribution in [0.3, 0.4) is 0 Å². The zero-order valence-corrected chi connectivity index (χ0v) is 14.1. The van der Waals surface area contributed by atoms with Crippen molar-refractivity contribution in [2.75, 3.05) is 13.2 Å². The van der Waals surface area contributed by atoms with Crippen LogP contribution in [-0.2, 0) is 19.7 Å². The maximum atomic E-state index is 11.8. The van der Waals surface area contributed by atoms with Gasteiger partial charge in [0, 0.05) is 0 Å². The van der Waals surface area contributed by atoms with Gasteiger partial charge >= 0.3 is 5.97 Å². The van der Waals surface area contributed by atoms with Gasteiger partial charge in [-0.15, -0.1) is 0 Å². The normalized spacial score (nSPS) is 25.6. The minimum absolute atomic E-state index is 0.214. The van der Waals surface area contributed by atoms with Crippen LogP contribution in [0.5, 0.6) is 0 Å². The Balaban J connectivity index is 2.14. The number of carbonyl (C=O) groups excluding carboxylic acids is 2. The first-order valence-corrected chi connectivity index (χ1v) is 8.49. The highest BCUT2D eigenvalue weighted by Crippen LogP contribution is 2.40. The highest BCUT2D eigenvalue weighted by atomic mass is 16.5. The number of aldehydes is 1. The van der Waals surface area contributed by atoms with Crippen LogP contribution in [0.25, 0.3) is 0 Å². The quantitative estimate of drug-likeness (QED) is 0.647. The average molecular weight is 317 g/mol. The predicted molar refractivity (Wildman–Crippen MR) is 90.2 cm³/mol. The van der Waals surface area contributed by atoms with Crippen molar-refractivity contribution < 1.29 is 14.3 Å². The molecule has 0 heterocycles. The Labute approximate surface area is 138 Å². The molecule has 0 aliphatic heterocycles. The Morgan fingerprint density at radius 2 is 1.96 bits per heavy atom. The maximum Gasteiger partial charge on any atom is 0.313 e. The van der Waals surface area contributed by atoms with Crippen LogP contribution < -0.4 is 5.73 Å². The van der Waals surface area contributed by atoms with E-state index in [9.17, 15) is 9.59 Å². The number of benzene rings is 1. The van der Waals surface area contributed by atoms with E-state index in [1.165, 1.54) is 0 Å². The summed E-state index contributed by atoms with van der Waals surface area (Å²) in [5.41, 5.74) is 7.32. The Hall–Kier alpha value is -1.68. The molecule has 1 fully saturated rings. The molecule has 1 unspecified atom stereocenters. The van der Waals surface area contributed by atoms with Gasteiger partial charge in [-0.1, -0.05) is 24.3 Å². The van der Waals surface area contributed by atoms with E-state index in [1.807, 2.05) is 31.2 Å². The minimum atomic E-state index is -0.392. The number of hydrogen-bond donors (Lipinski definition) is 1. The Morgan fingerprint density at radius 3 is 2.43 bits per heavy atom. The molecule has 4 nitrogen and oxygen atoms in total. The maximum absolute atomic E-state index is 11.8. The lowest BCUT2D eigenvalue weighted by Crippen LogP contribution is -2.35. The summed E-state index contributed by atoms with van der Waals surface area (Å²) >= 11 is 0. The summed E-state index contributed by atoms with van der Waals surface area (Å²) in [5.74, 6) is 0.0316. The third-order valence-corrected chi connectivity index (χ3v) is 5.18. The number of carbonyl (C=O) groups is 2. The Kier molecular flexibility index (Phi) is 5.94. The average Bonchev–Trinajstić information content (AvgIpc) is 2.61. The number of hydrogen-bond acceptors (Lipinski definition) is 4. The monoisotopic (exact) mass is 317 g/mol. The molecule has 0 aromatic heterocycles. The molecule has 0 radical (unpaired) electrons. The van der Waals surface area contributed by atoms with Crippen LogP contribution in [0.4, 0.5) is 0 Å². The largest absolute Gasteiger partial charge is 0.466 e. The standard InChI is InChI=1S/C19H27NO3/c1-3-23-18(22)14(2)16-4-6-17(7-5-16)19(13-21)10-8-15(12-20)9-11-19/h4-7,13-15H,3,8-12,20H2,1-2H3. The minimum Gasteiger partial charge on any atom is -0.466 e. The van der Waals surface area contributed by atoms with Crippen molar-refractivity contribution in [2.24, 2.45) is 11.7 Å². The lowest BCUT2D eigenvalue weighted by molar-refractivity contribution is -0.144. The molecule has 0 bridgehead atoms. The van der Waals surface area contributed by atoms with Crippen molar-refractivity contribution in [3.63, 3.8) is 0 Å². The van der Waals surface area contributed by atoms with E-state index in [4.69, 9.17) is 10.5 Å². The first kappa shape index (κ1) is 17.7. The van der Waals surface area contributed by atoms with E-state index in [-0.39, 0.29) is 11.9 Å². The van der Waals surface area contributed by atoms with Crippen molar-refractivity contribution in [1.82, 2.24) is 0 Å². The second-order valence-corrected chi connectivity index (χ2v) is 6.55. The number of esters is 1. The van der Waals surface area contributed by atoms with Crippen LogP contribution in [0, 0.1) is 5.92 Å². The molecule has 2 N–H and O–H groups in total. The predicted octanol–water partition coefficient (Wildman–Crippen LogP) is 2.94. The van der Waals surface area contributed by atoms with Crippen LogP contribution in [-0.4, -0.2) is 25.4 Å². The van der Waals surface area contributed by atoms with E-state index in [1.54, 1.807) is 6.92 Å². The van der Waals surface area contributed by atoms with E-state index in [2.05, 4.69) is 0 Å². The van der Waals surface area contributed by atoms with Gasteiger partial charge in [0.25, 0.3) is 0 Å². The molecule has 1 saturated carbocycles. The topological polar surface area (TPSA) is 69.4 Å². The summed E-state index contributed by atoms with van der Waals surface area (Å²) in [6.07, 6.45) is 4.80. The van der Waals surface area contributed by atoms with Gasteiger partial charge < -0.3 is 15.3 Å². The van der Waals surface area contributed by atoms with Crippen molar-refractivity contribution in [1.29, 1.82) is 0 Å². The smallest absolute Gasteiger partial charge is 0.313 e. The molecule has 1 atom stereocenters. The summed E-state index contributed by atoms with van der Waals surface area (Å²) in [7, 11) is 0. The number of ether oxygens (including phenoxy) is 1. The van der Waals surface area contributed by atoms with Crippen LogP contribution in [0.15, 0.2) is 24.3 Å². The van der Waals surface area contributed by atoms with Gasteiger partial charge in [-0.25, -0.2) is 0 Å². The van der Waals surface area contributed by atoms with Gasteiger partial charge in [-0.2, -0.15) is 0 Å². The second-order valence-electron chi connectivity index (χ2n) is 6.55. The summed E-state index contributed by atoms with van der Waals surface area (Å²) in [5, 5.41) is 0. The molecule has 1 aliphatic carbocycles. The molecule has 2 rings (SSSR count). The molecule has 23 heavy (non-hydrogen) atoms. The summed E-state index contributed by atoms with van der Waals surface area (Å²) in [6, 6.07) is 7.86. The highest BCUT2D eigenvalue weighted by molar-refractivity contribution is 5.77. The summed E-state index contributed by atoms with van der Waals surface area (Å²) < 4.78 is 5.06. The molecule has 4 heteroatoms. The SMILES string of the molecule is CCOC(=O)C(C)c1ccc(C2(C=O)CCC(CN)CC2)cc1. The number of rotatable bonds is 6. The van der Waals surface area contributed by atoms with Gasteiger partial charge in [0.2, 0.25) is 0 Å². The summed E-state index contributed by atoms with van der Waals surface area (Å²) in [4.78, 5) is 23.6. The Morgan fingerprint density at radius 1 is 1.35 bits per heavy atom. The molecule has 1 aromatic carbocycles. The molecule has 126 valence electrons. The fourth-order valence-electron chi connectivity index (χ4n) is 3.41. The fourth-order valence-corrected chi connectivity index (χ4v) is 3.41. The van der Waals surface area contributed by atoms with Crippen LogP contribution >= 0.6 is 0 Å². The van der Waals surface area contributed by atoms with Crippen molar-refractivity contribution in [3.8, 4) is 0 Å². The molecule has 1 aromatic rings. The molecular formula is C19H27NO3. The zero-order valence-electron chi connectivity index (χ0n) is 14.1. The van der Waals surface area contributed by atoms with Crippen molar-refractivity contribution in [2.45, 2.75) is 50.9 Å². The lowest BCUT2D eigenvalue weighted by Gasteiger charge is -2.36. The van der Waals surface area contributed by atoms with E-state index in [0.717, 1.165) is 43.1 Å². The van der Waals surface area contributed by atoms with E-state index in [0.29, 0.717) is 19.1 Å². The second kappa shape index (κ2) is 7.73. The van der Waals surface area contributed by atoms with Crippen molar-refractivity contribution >= 4 is 12.3 Å². The molecule has 0 amide bonds. The van der Waals surface area contributed by atoms with E-state index < -0.39 is 5.41 Å². The third kappa shape index (κ3) is 3.81. The van der Waals surface area contributed by atoms with Gasteiger partial charge in [0.1, 0.15) is 6.29 Å². The fraction of sp³-hybridized carbons (Fsp3) is 0.579. The third-order valence-electron chi connectivity index (χ3n) is 5.18. The van der Waals surface area contributed by atoms with Gasteiger partial charge in [-0.3, -0.25) is 4.79 Å². The van der Waals surface area contributed by atoms with E-state index >= 15 is 0 Å². The zero-order chi connectivity index (χ0) is 16.9. The highest BCUT2D eigenvalue weighted by Gasteiger charge is 2.36. The first-order chi connectivity index (χ1) is 11.1.